The molecule has 128 valence electrons. The van der Waals surface area contributed by atoms with Crippen LogP contribution in [0.2, 0.25) is 0 Å². The first-order valence-corrected chi connectivity index (χ1v) is 9.36. The molecule has 0 aromatic heterocycles. The summed E-state index contributed by atoms with van der Waals surface area (Å²) in [6, 6.07) is 7.57. The minimum atomic E-state index is -3.17. The molecule has 1 aromatic rings. The van der Waals surface area contributed by atoms with Gasteiger partial charge in [0.15, 0.2) is 0 Å². The lowest BCUT2D eigenvalue weighted by Gasteiger charge is -2.33. The standard InChI is InChI=1S/C15H23N3O4S/c1-22-14-5-3-4-13(12-14)6-7-16-15(19)17-8-10-18(11-9-17)23(2,20)21/h3-5,12H,6-11H2,1-2H3,(H,16,19). The van der Waals surface area contributed by atoms with Crippen molar-refractivity contribution in [3.63, 3.8) is 0 Å². The molecule has 7 nitrogen and oxygen atoms in total. The van der Waals surface area contributed by atoms with E-state index < -0.39 is 10.0 Å². The van der Waals surface area contributed by atoms with Crippen molar-refractivity contribution in [1.82, 2.24) is 14.5 Å². The average Bonchev–Trinajstić information content (AvgIpc) is 2.54. The maximum Gasteiger partial charge on any atom is 0.317 e. The number of ether oxygens (including phenoxy) is 1. The number of methoxy groups -OCH3 is 1. The van der Waals surface area contributed by atoms with Gasteiger partial charge in [-0.1, -0.05) is 12.1 Å². The third-order valence-electron chi connectivity index (χ3n) is 3.82. The molecule has 1 aliphatic heterocycles. The van der Waals surface area contributed by atoms with Gasteiger partial charge < -0.3 is 15.0 Å². The van der Waals surface area contributed by atoms with Gasteiger partial charge in [0, 0.05) is 32.7 Å². The van der Waals surface area contributed by atoms with Crippen molar-refractivity contribution in [2.24, 2.45) is 0 Å². The van der Waals surface area contributed by atoms with Gasteiger partial charge in [-0.05, 0) is 24.1 Å². The molecular formula is C15H23N3O4S. The summed E-state index contributed by atoms with van der Waals surface area (Å²) in [6.07, 6.45) is 1.91. The number of hydrogen-bond acceptors (Lipinski definition) is 4. The van der Waals surface area contributed by atoms with E-state index >= 15 is 0 Å². The van der Waals surface area contributed by atoms with Crippen LogP contribution in [-0.2, 0) is 16.4 Å². The number of sulfonamides is 1. The second kappa shape index (κ2) is 7.65. The number of urea groups is 1. The molecular weight excluding hydrogens is 318 g/mol. The van der Waals surface area contributed by atoms with Crippen molar-refractivity contribution in [1.29, 1.82) is 0 Å². The van der Waals surface area contributed by atoms with E-state index in [0.29, 0.717) is 39.1 Å². The first-order chi connectivity index (χ1) is 10.9. The average molecular weight is 341 g/mol. The molecule has 0 atom stereocenters. The maximum atomic E-state index is 12.1. The molecule has 0 unspecified atom stereocenters. The van der Waals surface area contributed by atoms with E-state index in [1.807, 2.05) is 24.3 Å². The molecule has 2 rings (SSSR count). The minimum absolute atomic E-state index is 0.152. The number of hydrogen-bond donors (Lipinski definition) is 1. The highest BCUT2D eigenvalue weighted by Gasteiger charge is 2.25. The highest BCUT2D eigenvalue weighted by molar-refractivity contribution is 7.88. The molecule has 0 spiro atoms. The van der Waals surface area contributed by atoms with E-state index in [4.69, 9.17) is 4.74 Å². The Balaban J connectivity index is 1.75. The summed E-state index contributed by atoms with van der Waals surface area (Å²) in [7, 11) is -1.55. The van der Waals surface area contributed by atoms with Gasteiger partial charge in [0.25, 0.3) is 0 Å². The summed E-state index contributed by atoms with van der Waals surface area (Å²) in [5.41, 5.74) is 1.09. The van der Waals surface area contributed by atoms with Crippen molar-refractivity contribution in [3.05, 3.63) is 29.8 Å². The van der Waals surface area contributed by atoms with Gasteiger partial charge in [-0.2, -0.15) is 4.31 Å². The second-order valence-electron chi connectivity index (χ2n) is 5.48. The summed E-state index contributed by atoms with van der Waals surface area (Å²) in [4.78, 5) is 13.7. The van der Waals surface area contributed by atoms with Gasteiger partial charge in [0.2, 0.25) is 10.0 Å². The highest BCUT2D eigenvalue weighted by atomic mass is 32.2. The Morgan fingerprint density at radius 2 is 1.96 bits per heavy atom. The van der Waals surface area contributed by atoms with Gasteiger partial charge in [0.05, 0.1) is 13.4 Å². The molecule has 1 saturated heterocycles. The molecule has 1 fully saturated rings. The molecule has 0 bridgehead atoms. The highest BCUT2D eigenvalue weighted by Crippen LogP contribution is 2.12. The SMILES string of the molecule is COc1cccc(CCNC(=O)N2CCN(S(C)(=O)=O)CC2)c1. The molecule has 1 N–H and O–H groups in total. The van der Waals surface area contributed by atoms with E-state index in [9.17, 15) is 13.2 Å². The number of nitrogens with one attached hydrogen (secondary N) is 1. The lowest BCUT2D eigenvalue weighted by Crippen LogP contribution is -2.53. The van der Waals surface area contributed by atoms with E-state index in [-0.39, 0.29) is 6.03 Å². The Bertz CT molecular complexity index is 640. The summed E-state index contributed by atoms with van der Waals surface area (Å²) in [6.45, 7) is 2.05. The monoisotopic (exact) mass is 341 g/mol. The largest absolute Gasteiger partial charge is 0.497 e. The first-order valence-electron chi connectivity index (χ1n) is 7.51. The summed E-state index contributed by atoms with van der Waals surface area (Å²) < 4.78 is 29.4. The van der Waals surface area contributed by atoms with Crippen LogP contribution in [0.15, 0.2) is 24.3 Å². The Morgan fingerprint density at radius 1 is 1.26 bits per heavy atom. The van der Waals surface area contributed by atoms with Crippen LogP contribution in [0.1, 0.15) is 5.56 Å². The quantitative estimate of drug-likeness (QED) is 0.847. The van der Waals surface area contributed by atoms with Crippen LogP contribution in [-0.4, -0.2) is 69.7 Å². The van der Waals surface area contributed by atoms with Crippen LogP contribution < -0.4 is 10.1 Å². The van der Waals surface area contributed by atoms with E-state index in [0.717, 1.165) is 11.3 Å². The number of rotatable bonds is 5. The van der Waals surface area contributed by atoms with Crippen LogP contribution in [0.25, 0.3) is 0 Å². The summed E-state index contributed by atoms with van der Waals surface area (Å²) in [5.74, 6) is 0.797. The van der Waals surface area contributed by atoms with E-state index in [1.165, 1.54) is 10.6 Å². The molecule has 1 aliphatic rings. The lowest BCUT2D eigenvalue weighted by atomic mass is 10.1. The minimum Gasteiger partial charge on any atom is -0.497 e. The van der Waals surface area contributed by atoms with Crippen LogP contribution in [0, 0.1) is 0 Å². The van der Waals surface area contributed by atoms with Crippen molar-refractivity contribution in [2.45, 2.75) is 6.42 Å². The fourth-order valence-corrected chi connectivity index (χ4v) is 3.30. The van der Waals surface area contributed by atoms with Crippen LogP contribution in [0.3, 0.4) is 0 Å². The van der Waals surface area contributed by atoms with Crippen molar-refractivity contribution in [3.8, 4) is 5.75 Å². The van der Waals surface area contributed by atoms with E-state index in [2.05, 4.69) is 5.32 Å². The zero-order chi connectivity index (χ0) is 16.9. The second-order valence-corrected chi connectivity index (χ2v) is 7.46. The fraction of sp³-hybridized carbons (Fsp3) is 0.533. The summed E-state index contributed by atoms with van der Waals surface area (Å²) >= 11 is 0. The van der Waals surface area contributed by atoms with Gasteiger partial charge in [-0.15, -0.1) is 0 Å². The molecule has 1 aromatic carbocycles. The number of amides is 2. The smallest absolute Gasteiger partial charge is 0.317 e. The molecule has 0 saturated carbocycles. The Labute approximate surface area is 137 Å². The molecule has 0 radical (unpaired) electrons. The molecule has 8 heteroatoms. The zero-order valence-electron chi connectivity index (χ0n) is 13.5. The van der Waals surface area contributed by atoms with Gasteiger partial charge in [-0.25, -0.2) is 13.2 Å². The van der Waals surface area contributed by atoms with Crippen molar-refractivity contribution in [2.75, 3.05) is 46.1 Å². The Hall–Kier alpha value is -1.80. The number of nitrogens with zero attached hydrogens (tertiary/aromatic N) is 2. The zero-order valence-corrected chi connectivity index (χ0v) is 14.3. The number of piperazine rings is 1. The Kier molecular flexibility index (Phi) is 5.84. The predicted octanol–water partition coefficient (Wildman–Crippen LogP) is 0.525. The van der Waals surface area contributed by atoms with Crippen LogP contribution >= 0.6 is 0 Å². The van der Waals surface area contributed by atoms with Crippen LogP contribution in [0.5, 0.6) is 5.75 Å². The third kappa shape index (κ3) is 5.11. The van der Waals surface area contributed by atoms with E-state index in [1.54, 1.807) is 12.0 Å². The molecule has 23 heavy (non-hydrogen) atoms. The molecule has 1 heterocycles. The number of carbonyl (C=O) groups is 1. The predicted molar refractivity (Wildman–Crippen MR) is 88.1 cm³/mol. The lowest BCUT2D eigenvalue weighted by molar-refractivity contribution is 0.172. The van der Waals surface area contributed by atoms with Gasteiger partial charge in [0.1, 0.15) is 5.75 Å². The molecule has 2 amide bonds. The van der Waals surface area contributed by atoms with Gasteiger partial charge in [-0.3, -0.25) is 0 Å². The topological polar surface area (TPSA) is 79.0 Å². The Morgan fingerprint density at radius 3 is 2.57 bits per heavy atom. The number of carbonyl (C=O) groups excluding carboxylic acids is 1. The molecule has 0 aliphatic carbocycles. The fourth-order valence-electron chi connectivity index (χ4n) is 2.48. The first kappa shape index (κ1) is 17.6. The van der Waals surface area contributed by atoms with Crippen molar-refractivity contribution < 1.29 is 17.9 Å². The van der Waals surface area contributed by atoms with Crippen LogP contribution in [0.4, 0.5) is 4.79 Å². The van der Waals surface area contributed by atoms with Crippen molar-refractivity contribution >= 4 is 16.1 Å². The maximum absolute atomic E-state index is 12.1. The van der Waals surface area contributed by atoms with Gasteiger partial charge >= 0.3 is 6.03 Å². The summed E-state index contributed by atoms with van der Waals surface area (Å²) in [5, 5.41) is 2.87. The number of benzene rings is 1. The normalized spacial score (nSPS) is 16.2. The third-order valence-corrected chi connectivity index (χ3v) is 5.12.